The number of aryl methyl sites for hydroxylation is 1. The van der Waals surface area contributed by atoms with E-state index in [1.807, 2.05) is 0 Å². The highest BCUT2D eigenvalue weighted by atomic mass is 16.5. The van der Waals surface area contributed by atoms with Crippen LogP contribution in [0.5, 0.6) is 0 Å². The smallest absolute Gasteiger partial charge is 0.313 e. The number of hydrogen-bond acceptors (Lipinski definition) is 3. The minimum Gasteiger partial charge on any atom is -0.469 e. The van der Waals surface area contributed by atoms with Crippen molar-refractivity contribution >= 4 is 5.97 Å². The number of ether oxygens (including phenoxy) is 1. The second-order valence-corrected chi connectivity index (χ2v) is 3.27. The maximum atomic E-state index is 11.4. The Morgan fingerprint density at radius 3 is 3.38 bits per heavy atom. The third-order valence-electron chi connectivity index (χ3n) is 2.53. The Morgan fingerprint density at radius 1 is 1.77 bits per heavy atom. The molecule has 0 fully saturated rings. The van der Waals surface area contributed by atoms with Crippen LogP contribution in [0.1, 0.15) is 30.0 Å². The van der Waals surface area contributed by atoms with Crippen molar-refractivity contribution < 1.29 is 9.53 Å². The number of aromatic amines is 1. The number of hydrogen-bond donors (Lipinski definition) is 1. The fourth-order valence-corrected chi connectivity index (χ4v) is 1.85. The molecule has 1 aliphatic rings. The van der Waals surface area contributed by atoms with Gasteiger partial charge in [0.2, 0.25) is 0 Å². The van der Waals surface area contributed by atoms with Crippen LogP contribution in [0.3, 0.4) is 0 Å². The van der Waals surface area contributed by atoms with Gasteiger partial charge in [0.1, 0.15) is 0 Å². The van der Waals surface area contributed by atoms with E-state index in [1.165, 1.54) is 7.11 Å². The number of esters is 1. The Balaban J connectivity index is 2.30. The molecule has 0 radical (unpaired) electrons. The number of aromatic nitrogens is 2. The summed E-state index contributed by atoms with van der Waals surface area (Å²) >= 11 is 0. The van der Waals surface area contributed by atoms with Crippen LogP contribution in [-0.4, -0.2) is 23.3 Å². The van der Waals surface area contributed by atoms with Gasteiger partial charge in [0.25, 0.3) is 0 Å². The number of carbonyl (C=O) groups excluding carboxylic acids is 1. The Kier molecular flexibility index (Phi) is 2.04. The summed E-state index contributed by atoms with van der Waals surface area (Å²) in [6.07, 6.45) is 4.62. The Hall–Kier alpha value is -1.32. The van der Waals surface area contributed by atoms with Gasteiger partial charge >= 0.3 is 5.97 Å². The summed E-state index contributed by atoms with van der Waals surface area (Å²) in [4.78, 5) is 11.4. The van der Waals surface area contributed by atoms with E-state index in [9.17, 15) is 4.79 Å². The lowest BCUT2D eigenvalue weighted by Gasteiger charge is -2.18. The van der Waals surface area contributed by atoms with Crippen molar-refractivity contribution in [2.24, 2.45) is 0 Å². The standard InChI is InChI=1S/C9H12N2O2/c1-13-9(12)6-3-2-4-8-7(6)5-10-11-8/h5-6H,2-4H2,1H3,(H,10,11)/t6-/m1/s1. The van der Waals surface area contributed by atoms with Gasteiger partial charge in [-0.25, -0.2) is 0 Å². The predicted molar refractivity (Wildman–Crippen MR) is 46.3 cm³/mol. The minimum absolute atomic E-state index is 0.104. The summed E-state index contributed by atoms with van der Waals surface area (Å²) in [7, 11) is 1.43. The zero-order valence-electron chi connectivity index (χ0n) is 7.54. The molecule has 4 heteroatoms. The van der Waals surface area contributed by atoms with Gasteiger partial charge in [-0.2, -0.15) is 5.10 Å². The molecule has 0 aromatic carbocycles. The fourth-order valence-electron chi connectivity index (χ4n) is 1.85. The molecular weight excluding hydrogens is 168 g/mol. The number of rotatable bonds is 1. The second kappa shape index (κ2) is 3.20. The number of nitrogens with zero attached hydrogens (tertiary/aromatic N) is 1. The highest BCUT2D eigenvalue weighted by molar-refractivity contribution is 5.78. The van der Waals surface area contributed by atoms with E-state index >= 15 is 0 Å². The van der Waals surface area contributed by atoms with Crippen molar-refractivity contribution in [3.05, 3.63) is 17.5 Å². The lowest BCUT2D eigenvalue weighted by atomic mass is 9.87. The summed E-state index contributed by atoms with van der Waals surface area (Å²) in [6, 6.07) is 0. The monoisotopic (exact) mass is 180 g/mol. The van der Waals surface area contributed by atoms with Gasteiger partial charge < -0.3 is 4.74 Å². The number of H-pyrrole nitrogens is 1. The van der Waals surface area contributed by atoms with E-state index in [1.54, 1.807) is 6.20 Å². The molecule has 0 saturated heterocycles. The number of nitrogens with one attached hydrogen (secondary N) is 1. The van der Waals surface area contributed by atoms with E-state index in [-0.39, 0.29) is 11.9 Å². The van der Waals surface area contributed by atoms with Crippen molar-refractivity contribution in [2.45, 2.75) is 25.2 Å². The minimum atomic E-state index is -0.151. The molecule has 0 unspecified atom stereocenters. The van der Waals surface area contributed by atoms with Crippen LogP contribution in [0.15, 0.2) is 6.20 Å². The summed E-state index contributed by atoms with van der Waals surface area (Å²) in [5.41, 5.74) is 2.10. The zero-order chi connectivity index (χ0) is 9.26. The lowest BCUT2D eigenvalue weighted by Crippen LogP contribution is -2.18. The molecule has 0 aliphatic heterocycles. The molecule has 0 bridgehead atoms. The van der Waals surface area contributed by atoms with Crippen molar-refractivity contribution in [3.8, 4) is 0 Å². The zero-order valence-corrected chi connectivity index (χ0v) is 7.54. The summed E-state index contributed by atoms with van der Waals surface area (Å²) in [5, 5.41) is 6.85. The molecule has 2 rings (SSSR count). The average Bonchev–Trinajstić information content (AvgIpc) is 2.63. The molecule has 1 aromatic rings. The maximum Gasteiger partial charge on any atom is 0.313 e. The van der Waals surface area contributed by atoms with Crippen molar-refractivity contribution in [2.75, 3.05) is 7.11 Å². The second-order valence-electron chi connectivity index (χ2n) is 3.27. The number of fused-ring (bicyclic) bond motifs is 1. The summed E-state index contributed by atoms with van der Waals surface area (Å²) < 4.78 is 4.74. The normalized spacial score (nSPS) is 20.8. The van der Waals surface area contributed by atoms with Crippen LogP contribution in [0, 0.1) is 0 Å². The van der Waals surface area contributed by atoms with Crippen molar-refractivity contribution in [3.63, 3.8) is 0 Å². The molecule has 0 saturated carbocycles. The van der Waals surface area contributed by atoms with Gasteiger partial charge in [-0.15, -0.1) is 0 Å². The molecule has 1 aromatic heterocycles. The Labute approximate surface area is 76.3 Å². The Morgan fingerprint density at radius 2 is 2.62 bits per heavy atom. The first kappa shape index (κ1) is 8.29. The van der Waals surface area contributed by atoms with Gasteiger partial charge in [0.05, 0.1) is 19.2 Å². The highest BCUT2D eigenvalue weighted by Crippen LogP contribution is 2.30. The molecule has 1 N–H and O–H groups in total. The summed E-state index contributed by atoms with van der Waals surface area (Å²) in [5.74, 6) is -0.255. The van der Waals surface area contributed by atoms with Crippen LogP contribution in [0.4, 0.5) is 0 Å². The van der Waals surface area contributed by atoms with Gasteiger partial charge in [0, 0.05) is 11.3 Å². The first-order valence-corrected chi connectivity index (χ1v) is 4.43. The van der Waals surface area contributed by atoms with Crippen molar-refractivity contribution in [1.29, 1.82) is 0 Å². The molecule has 0 amide bonds. The third kappa shape index (κ3) is 1.32. The molecular formula is C9H12N2O2. The van der Waals surface area contributed by atoms with Crippen LogP contribution in [-0.2, 0) is 16.0 Å². The molecule has 1 aliphatic carbocycles. The molecule has 70 valence electrons. The van der Waals surface area contributed by atoms with Gasteiger partial charge in [0.15, 0.2) is 0 Å². The van der Waals surface area contributed by atoms with E-state index in [4.69, 9.17) is 4.74 Å². The molecule has 13 heavy (non-hydrogen) atoms. The van der Waals surface area contributed by atoms with Crippen molar-refractivity contribution in [1.82, 2.24) is 10.2 Å². The maximum absolute atomic E-state index is 11.4. The Bertz CT molecular complexity index is 319. The highest BCUT2D eigenvalue weighted by Gasteiger charge is 2.28. The van der Waals surface area contributed by atoms with E-state index in [0.29, 0.717) is 0 Å². The largest absolute Gasteiger partial charge is 0.469 e. The summed E-state index contributed by atoms with van der Waals surface area (Å²) in [6.45, 7) is 0. The number of carbonyl (C=O) groups is 1. The van der Waals surface area contributed by atoms with E-state index in [0.717, 1.165) is 30.5 Å². The predicted octanol–water partition coefficient (Wildman–Crippen LogP) is 1.00. The molecule has 4 nitrogen and oxygen atoms in total. The lowest BCUT2D eigenvalue weighted by molar-refractivity contribution is -0.142. The fraction of sp³-hybridized carbons (Fsp3) is 0.556. The molecule has 1 atom stereocenters. The van der Waals surface area contributed by atoms with Crippen LogP contribution < -0.4 is 0 Å². The van der Waals surface area contributed by atoms with E-state index in [2.05, 4.69) is 10.2 Å². The van der Waals surface area contributed by atoms with Crippen LogP contribution >= 0.6 is 0 Å². The van der Waals surface area contributed by atoms with E-state index < -0.39 is 0 Å². The first-order chi connectivity index (χ1) is 6.33. The molecule has 0 spiro atoms. The van der Waals surface area contributed by atoms with Crippen LogP contribution in [0.25, 0.3) is 0 Å². The van der Waals surface area contributed by atoms with Gasteiger partial charge in [-0.1, -0.05) is 0 Å². The quantitative estimate of drug-likeness (QED) is 0.656. The average molecular weight is 180 g/mol. The topological polar surface area (TPSA) is 55.0 Å². The third-order valence-corrected chi connectivity index (χ3v) is 2.53. The molecule has 1 heterocycles. The number of methoxy groups -OCH3 is 1. The first-order valence-electron chi connectivity index (χ1n) is 4.43. The van der Waals surface area contributed by atoms with Gasteiger partial charge in [-0.3, -0.25) is 9.89 Å². The van der Waals surface area contributed by atoms with Crippen LogP contribution in [0.2, 0.25) is 0 Å². The van der Waals surface area contributed by atoms with Gasteiger partial charge in [-0.05, 0) is 19.3 Å². The SMILES string of the molecule is COC(=O)[C@@H]1CCCc2[nH]ncc21.